The quantitative estimate of drug-likeness (QED) is 0.381. The van der Waals surface area contributed by atoms with E-state index in [2.05, 4.69) is 5.32 Å². The molecule has 3 aromatic carbocycles. The third-order valence-corrected chi connectivity index (χ3v) is 4.96. The molecule has 0 fully saturated rings. The number of rotatable bonds is 5. The number of fused-ring (bicyclic) bond motifs is 1. The van der Waals surface area contributed by atoms with Crippen LogP contribution in [-0.2, 0) is 4.79 Å². The molecular weight excluding hydrogens is 409 g/mol. The number of amides is 1. The van der Waals surface area contributed by atoms with E-state index in [4.69, 9.17) is 32.4 Å². The average Bonchev–Trinajstić information content (AvgIpc) is 3.15. The number of carbonyl (C=O) groups excluding carboxylic acids is 1. The van der Waals surface area contributed by atoms with Gasteiger partial charge in [0.25, 0.3) is 5.91 Å². The lowest BCUT2D eigenvalue weighted by molar-refractivity contribution is -0.122. The molecule has 0 saturated heterocycles. The number of ether oxygens (including phenoxy) is 1. The molecule has 0 saturated carbocycles. The van der Waals surface area contributed by atoms with E-state index in [1.807, 2.05) is 54.6 Å². The minimum atomic E-state index is -0.733. The van der Waals surface area contributed by atoms with Crippen molar-refractivity contribution >= 4 is 45.8 Å². The second-order valence-electron chi connectivity index (χ2n) is 6.55. The number of hydrogen-bond acceptors (Lipinski definition) is 3. The van der Waals surface area contributed by atoms with Gasteiger partial charge in [-0.2, -0.15) is 0 Å². The fourth-order valence-corrected chi connectivity index (χ4v) is 3.35. The molecule has 0 aliphatic rings. The summed E-state index contributed by atoms with van der Waals surface area (Å²) in [6.45, 7) is 1.66. The zero-order valence-corrected chi connectivity index (χ0v) is 17.0. The number of benzene rings is 3. The van der Waals surface area contributed by atoms with Gasteiger partial charge < -0.3 is 14.5 Å². The number of furan rings is 1. The van der Waals surface area contributed by atoms with Crippen LogP contribution in [0.5, 0.6) is 5.75 Å². The van der Waals surface area contributed by atoms with Gasteiger partial charge in [0, 0.05) is 21.7 Å². The highest BCUT2D eigenvalue weighted by atomic mass is 35.5. The lowest BCUT2D eigenvalue weighted by Crippen LogP contribution is -2.30. The molecule has 6 heteroatoms. The Bertz CT molecular complexity index is 1140. The van der Waals surface area contributed by atoms with E-state index < -0.39 is 6.10 Å². The van der Waals surface area contributed by atoms with Gasteiger partial charge in [0.05, 0.1) is 5.02 Å². The highest BCUT2D eigenvalue weighted by Gasteiger charge is 2.17. The summed E-state index contributed by atoms with van der Waals surface area (Å²) >= 11 is 12.0. The Morgan fingerprint density at radius 3 is 2.48 bits per heavy atom. The van der Waals surface area contributed by atoms with Crippen LogP contribution >= 0.6 is 23.2 Å². The van der Waals surface area contributed by atoms with Gasteiger partial charge >= 0.3 is 0 Å². The second kappa shape index (κ2) is 8.19. The van der Waals surface area contributed by atoms with Gasteiger partial charge in [-0.3, -0.25) is 4.79 Å². The van der Waals surface area contributed by atoms with E-state index >= 15 is 0 Å². The molecule has 1 heterocycles. The Kier molecular flexibility index (Phi) is 5.47. The van der Waals surface area contributed by atoms with E-state index in [0.717, 1.165) is 22.3 Å². The maximum atomic E-state index is 12.4. The van der Waals surface area contributed by atoms with Crippen molar-refractivity contribution in [3.05, 3.63) is 82.8 Å². The number of carbonyl (C=O) groups is 1. The van der Waals surface area contributed by atoms with Crippen molar-refractivity contribution < 1.29 is 13.9 Å². The van der Waals surface area contributed by atoms with Crippen LogP contribution in [0, 0.1) is 0 Å². The molecule has 0 spiro atoms. The predicted molar refractivity (Wildman–Crippen MR) is 117 cm³/mol. The summed E-state index contributed by atoms with van der Waals surface area (Å²) in [6.07, 6.45) is -0.733. The van der Waals surface area contributed by atoms with Gasteiger partial charge in [-0.1, -0.05) is 41.4 Å². The maximum Gasteiger partial charge on any atom is 0.265 e. The molecule has 0 aliphatic carbocycles. The van der Waals surface area contributed by atoms with Gasteiger partial charge in [-0.25, -0.2) is 0 Å². The van der Waals surface area contributed by atoms with Gasteiger partial charge in [0.2, 0.25) is 0 Å². The van der Waals surface area contributed by atoms with Crippen molar-refractivity contribution in [1.82, 2.24) is 0 Å². The third kappa shape index (κ3) is 4.39. The van der Waals surface area contributed by atoms with Crippen LogP contribution in [0.3, 0.4) is 0 Å². The van der Waals surface area contributed by atoms with Gasteiger partial charge in [0.1, 0.15) is 17.1 Å². The minimum Gasteiger partial charge on any atom is -0.479 e. The van der Waals surface area contributed by atoms with Crippen LogP contribution in [0.25, 0.3) is 22.3 Å². The Labute approximate surface area is 178 Å². The molecule has 1 amide bonds. The lowest BCUT2D eigenvalue weighted by Gasteiger charge is -2.16. The minimum absolute atomic E-state index is 0.285. The zero-order chi connectivity index (χ0) is 20.4. The van der Waals surface area contributed by atoms with Crippen molar-refractivity contribution in [2.24, 2.45) is 0 Å². The summed E-state index contributed by atoms with van der Waals surface area (Å²) in [7, 11) is 0. The molecule has 4 aromatic rings. The van der Waals surface area contributed by atoms with Crippen molar-refractivity contribution in [3.8, 4) is 17.1 Å². The summed E-state index contributed by atoms with van der Waals surface area (Å²) in [6, 6.07) is 22.1. The number of anilines is 1. The first-order chi connectivity index (χ1) is 14.0. The van der Waals surface area contributed by atoms with Crippen LogP contribution in [0.1, 0.15) is 6.92 Å². The Morgan fingerprint density at radius 1 is 1.00 bits per heavy atom. The molecule has 0 bridgehead atoms. The molecule has 0 aliphatic heterocycles. The first-order valence-corrected chi connectivity index (χ1v) is 9.77. The number of halogens is 2. The van der Waals surface area contributed by atoms with Gasteiger partial charge in [0.15, 0.2) is 6.10 Å². The summed E-state index contributed by atoms with van der Waals surface area (Å²) in [4.78, 5) is 12.4. The fourth-order valence-electron chi connectivity index (χ4n) is 2.90. The monoisotopic (exact) mass is 425 g/mol. The molecule has 29 heavy (non-hydrogen) atoms. The highest BCUT2D eigenvalue weighted by Crippen LogP contribution is 2.30. The van der Waals surface area contributed by atoms with Gasteiger partial charge in [-0.05, 0) is 61.5 Å². The van der Waals surface area contributed by atoms with E-state index in [1.165, 1.54) is 0 Å². The number of nitrogens with one attached hydrogen (secondary N) is 1. The van der Waals surface area contributed by atoms with Crippen LogP contribution in [0.2, 0.25) is 10.0 Å². The first kappa shape index (κ1) is 19.4. The second-order valence-corrected chi connectivity index (χ2v) is 7.39. The van der Waals surface area contributed by atoms with E-state index in [9.17, 15) is 4.79 Å². The van der Waals surface area contributed by atoms with Crippen molar-refractivity contribution in [2.75, 3.05) is 5.32 Å². The average molecular weight is 426 g/mol. The zero-order valence-electron chi connectivity index (χ0n) is 15.5. The van der Waals surface area contributed by atoms with Crippen molar-refractivity contribution in [2.45, 2.75) is 13.0 Å². The SMILES string of the molecule is C[C@@H](Oc1ccc(Cl)cc1Cl)C(=O)Nc1ccc(-c2cc3ccccc3o2)cc1. The summed E-state index contributed by atoms with van der Waals surface area (Å²) in [5.74, 6) is 0.893. The predicted octanol–water partition coefficient (Wildman–Crippen LogP) is 6.81. The maximum absolute atomic E-state index is 12.4. The van der Waals surface area contributed by atoms with Crippen molar-refractivity contribution in [3.63, 3.8) is 0 Å². The van der Waals surface area contributed by atoms with Crippen molar-refractivity contribution in [1.29, 1.82) is 0 Å². The van der Waals surface area contributed by atoms with Crippen LogP contribution in [0.4, 0.5) is 5.69 Å². The number of hydrogen-bond donors (Lipinski definition) is 1. The molecule has 1 atom stereocenters. The first-order valence-electron chi connectivity index (χ1n) is 9.01. The van der Waals surface area contributed by atoms with E-state index in [1.54, 1.807) is 25.1 Å². The van der Waals surface area contributed by atoms with E-state index in [-0.39, 0.29) is 5.91 Å². The molecule has 1 aromatic heterocycles. The molecule has 0 radical (unpaired) electrons. The molecule has 4 rings (SSSR count). The molecule has 4 nitrogen and oxygen atoms in total. The van der Waals surface area contributed by atoms with Crippen LogP contribution in [-0.4, -0.2) is 12.0 Å². The van der Waals surface area contributed by atoms with Gasteiger partial charge in [-0.15, -0.1) is 0 Å². The van der Waals surface area contributed by atoms with E-state index in [0.29, 0.717) is 21.5 Å². The normalized spacial score (nSPS) is 12.0. The largest absolute Gasteiger partial charge is 0.479 e. The smallest absolute Gasteiger partial charge is 0.265 e. The molecule has 0 unspecified atom stereocenters. The fraction of sp³-hybridized carbons (Fsp3) is 0.0870. The Balaban J connectivity index is 1.43. The standard InChI is InChI=1S/C23H17Cl2NO3/c1-14(28-21-11-8-17(24)13-19(21)25)23(27)26-18-9-6-15(7-10-18)22-12-16-4-2-3-5-20(16)29-22/h2-14H,1H3,(H,26,27)/t14-/m1/s1. The summed E-state index contributed by atoms with van der Waals surface area (Å²) < 4.78 is 11.5. The molecular formula is C23H17Cl2NO3. The topological polar surface area (TPSA) is 51.5 Å². The number of para-hydroxylation sites is 1. The lowest BCUT2D eigenvalue weighted by atomic mass is 10.1. The molecule has 146 valence electrons. The summed E-state index contributed by atoms with van der Waals surface area (Å²) in [5.41, 5.74) is 2.43. The van der Waals surface area contributed by atoms with Crippen LogP contribution in [0.15, 0.2) is 77.2 Å². The Morgan fingerprint density at radius 2 is 1.76 bits per heavy atom. The third-order valence-electron chi connectivity index (χ3n) is 4.43. The highest BCUT2D eigenvalue weighted by molar-refractivity contribution is 6.35. The molecule has 1 N–H and O–H groups in total. The van der Waals surface area contributed by atoms with Crippen LogP contribution < -0.4 is 10.1 Å². The Hall–Kier alpha value is -2.95. The summed E-state index contributed by atoms with van der Waals surface area (Å²) in [5, 5.41) is 4.74.